The van der Waals surface area contributed by atoms with E-state index < -0.39 is 56.9 Å². The van der Waals surface area contributed by atoms with E-state index in [4.69, 9.17) is 18.7 Å². The van der Waals surface area contributed by atoms with E-state index >= 15 is 8.78 Å². The summed E-state index contributed by atoms with van der Waals surface area (Å²) in [6, 6.07) is 12.2. The van der Waals surface area contributed by atoms with Gasteiger partial charge >= 0.3 is 16.2 Å². The van der Waals surface area contributed by atoms with Gasteiger partial charge in [0.15, 0.2) is 11.6 Å². The van der Waals surface area contributed by atoms with Crippen molar-refractivity contribution in [3.8, 4) is 16.9 Å². The van der Waals surface area contributed by atoms with Gasteiger partial charge in [-0.15, -0.1) is 0 Å². The van der Waals surface area contributed by atoms with Crippen molar-refractivity contribution in [1.29, 1.82) is 0 Å². The van der Waals surface area contributed by atoms with E-state index in [1.165, 1.54) is 13.3 Å². The van der Waals surface area contributed by atoms with Gasteiger partial charge in [-0.05, 0) is 55.7 Å². The highest BCUT2D eigenvalue weighted by atomic mass is 32.2. The number of aromatic nitrogens is 3. The van der Waals surface area contributed by atoms with Crippen LogP contribution in [0.1, 0.15) is 46.1 Å². The lowest BCUT2D eigenvalue weighted by molar-refractivity contribution is -0.143. The number of nitrogens with zero attached hydrogens (tertiary/aromatic N) is 5. The summed E-state index contributed by atoms with van der Waals surface area (Å²) in [6.45, 7) is 2.03. The van der Waals surface area contributed by atoms with Gasteiger partial charge in [-0.1, -0.05) is 17.3 Å². The Hall–Kier alpha value is -5.26. The average molecular weight is 770 g/mol. The minimum Gasteiger partial charge on any atom is -0.491 e. The summed E-state index contributed by atoms with van der Waals surface area (Å²) in [6.07, 6.45) is 1.99. The van der Waals surface area contributed by atoms with E-state index in [0.29, 0.717) is 44.5 Å². The van der Waals surface area contributed by atoms with Crippen LogP contribution in [0.25, 0.3) is 22.2 Å². The monoisotopic (exact) mass is 769 g/mol. The molecule has 0 N–H and O–H groups in total. The molecule has 4 heterocycles. The van der Waals surface area contributed by atoms with Gasteiger partial charge in [0.1, 0.15) is 35.9 Å². The third-order valence-corrected chi connectivity index (χ3v) is 11.0. The first-order valence-corrected chi connectivity index (χ1v) is 18.4. The number of pyridine rings is 1. The third kappa shape index (κ3) is 7.83. The number of carbonyl (C=O) groups excluding carboxylic acids is 2. The maximum atomic E-state index is 16.0. The lowest BCUT2D eigenvalue weighted by atomic mass is 9.99. The highest BCUT2D eigenvalue weighted by Gasteiger charge is 2.36. The van der Waals surface area contributed by atoms with Crippen LogP contribution in [-0.2, 0) is 31.5 Å². The van der Waals surface area contributed by atoms with Gasteiger partial charge in [-0.25, -0.2) is 18.2 Å². The summed E-state index contributed by atoms with van der Waals surface area (Å²) in [7, 11) is -0.352. The fraction of sp³-hybridized carbons (Fsp3) is 0.351. The van der Waals surface area contributed by atoms with Gasteiger partial charge < -0.3 is 23.3 Å². The number of anilines is 1. The fourth-order valence-corrected chi connectivity index (χ4v) is 7.68. The van der Waals surface area contributed by atoms with E-state index in [1.807, 2.05) is 0 Å². The van der Waals surface area contributed by atoms with Crippen molar-refractivity contribution in [3.05, 3.63) is 95.1 Å². The number of fused-ring (bicyclic) bond motifs is 1. The van der Waals surface area contributed by atoms with Gasteiger partial charge in [-0.3, -0.25) is 13.9 Å². The lowest BCUT2D eigenvalue weighted by Gasteiger charge is -2.26. The molecule has 54 heavy (non-hydrogen) atoms. The molecule has 1 aliphatic heterocycles. The van der Waals surface area contributed by atoms with Crippen molar-refractivity contribution in [2.24, 2.45) is 7.05 Å². The number of hydrogen-bond acceptors (Lipinski definition) is 10. The number of alkyl halides is 1. The van der Waals surface area contributed by atoms with E-state index in [9.17, 15) is 22.4 Å². The zero-order chi connectivity index (χ0) is 38.7. The molecule has 3 aromatic heterocycles. The van der Waals surface area contributed by atoms with Crippen molar-refractivity contribution >= 4 is 38.7 Å². The predicted molar refractivity (Wildman–Crippen MR) is 191 cm³/mol. The maximum Gasteiger partial charge on any atom is 0.316 e. The fourth-order valence-electron chi connectivity index (χ4n) is 6.25. The number of ether oxygens (including phenoxy) is 3. The van der Waals surface area contributed by atoms with Crippen LogP contribution in [0.4, 0.5) is 18.9 Å². The largest absolute Gasteiger partial charge is 0.491 e. The summed E-state index contributed by atoms with van der Waals surface area (Å²) < 4.78 is 95.7. The zero-order valence-corrected chi connectivity index (χ0v) is 30.7. The number of benzene rings is 2. The first-order valence-electron chi connectivity index (χ1n) is 17.0. The Morgan fingerprint density at radius 1 is 1.07 bits per heavy atom. The topological polar surface area (TPSA) is 146 Å². The minimum absolute atomic E-state index is 0.00235. The van der Waals surface area contributed by atoms with Crippen LogP contribution >= 0.6 is 0 Å². The normalized spacial score (nSPS) is 15.4. The Morgan fingerprint density at radius 2 is 1.83 bits per heavy atom. The van der Waals surface area contributed by atoms with Gasteiger partial charge in [-0.2, -0.15) is 12.7 Å². The molecule has 0 bridgehead atoms. The molecule has 5 aromatic rings. The number of esters is 1. The molecular weight excluding hydrogens is 731 g/mol. The van der Waals surface area contributed by atoms with Gasteiger partial charge in [0, 0.05) is 68.8 Å². The molecule has 2 aromatic carbocycles. The highest BCUT2D eigenvalue weighted by Crippen LogP contribution is 2.33. The third-order valence-electron chi connectivity index (χ3n) is 9.17. The Morgan fingerprint density at radius 3 is 2.50 bits per heavy atom. The molecule has 0 spiro atoms. The SMILES string of the molecule is COC(=O)C(CCOCCOc1ccc(-c2cnc3c(c2)c(C(=O)c2c(F)ccc(N(C)S(=O)(=O)N4CCC(F)C4)c2F)cn3C)cc1)c1cc(C)no1. The van der Waals surface area contributed by atoms with E-state index in [-0.39, 0.29) is 44.9 Å². The average Bonchev–Trinajstić information content (AvgIpc) is 3.89. The number of hydrogen-bond donors (Lipinski definition) is 0. The van der Waals surface area contributed by atoms with E-state index in [1.54, 1.807) is 61.1 Å². The molecule has 0 aliphatic carbocycles. The second kappa shape index (κ2) is 16.0. The molecule has 0 radical (unpaired) electrons. The molecule has 286 valence electrons. The second-order valence-electron chi connectivity index (χ2n) is 12.8. The lowest BCUT2D eigenvalue weighted by Crippen LogP contribution is -2.41. The van der Waals surface area contributed by atoms with Crippen LogP contribution in [0.3, 0.4) is 0 Å². The summed E-state index contributed by atoms with van der Waals surface area (Å²) in [4.78, 5) is 30.5. The van der Waals surface area contributed by atoms with E-state index in [0.717, 1.165) is 29.0 Å². The van der Waals surface area contributed by atoms with Crippen LogP contribution in [0.2, 0.25) is 0 Å². The number of methoxy groups -OCH3 is 1. The molecule has 0 saturated carbocycles. The van der Waals surface area contributed by atoms with Gasteiger partial charge in [0.25, 0.3) is 0 Å². The Labute approximate surface area is 309 Å². The van der Waals surface area contributed by atoms with Crippen LogP contribution in [0, 0.1) is 18.6 Å². The molecule has 1 aliphatic rings. The van der Waals surface area contributed by atoms with Crippen molar-refractivity contribution in [1.82, 2.24) is 19.0 Å². The second-order valence-corrected chi connectivity index (χ2v) is 14.7. The molecular formula is C37H38F3N5O8S. The molecule has 1 saturated heterocycles. The smallest absolute Gasteiger partial charge is 0.316 e. The summed E-state index contributed by atoms with van der Waals surface area (Å²) in [5, 5.41) is 4.15. The molecule has 1 fully saturated rings. The Balaban J connectivity index is 1.13. The number of ketones is 1. The summed E-state index contributed by atoms with van der Waals surface area (Å²) in [5.74, 6) is -3.66. The number of rotatable bonds is 15. The Bertz CT molecular complexity index is 2280. The molecule has 17 heteroatoms. The molecule has 0 amide bonds. The summed E-state index contributed by atoms with van der Waals surface area (Å²) in [5.41, 5.74) is 0.823. The Kier molecular flexibility index (Phi) is 11.4. The van der Waals surface area contributed by atoms with Crippen molar-refractivity contribution in [2.75, 3.05) is 51.4 Å². The molecule has 13 nitrogen and oxygen atoms in total. The number of aryl methyl sites for hydroxylation is 2. The molecule has 2 unspecified atom stereocenters. The maximum absolute atomic E-state index is 16.0. The van der Waals surface area contributed by atoms with Crippen LogP contribution in [-0.4, -0.2) is 92.4 Å². The number of halogens is 3. The van der Waals surface area contributed by atoms with Crippen molar-refractivity contribution in [3.63, 3.8) is 0 Å². The standard InChI is InChI=1S/C37H38F3N5O8S/c1-22-17-32(53-42-22)27(37(47)50-4)12-14-51-15-16-52-26-7-5-23(6-8-26)24-18-28-29(21-43(2)36(28)41-19-24)35(46)33-30(39)9-10-31(34(33)40)44(3)54(48,49)45-13-11-25(38)20-45/h5-10,17-19,21,25,27H,11-16,20H2,1-4H3. The quantitative estimate of drug-likeness (QED) is 0.0759. The highest BCUT2D eigenvalue weighted by molar-refractivity contribution is 7.90. The molecule has 2 atom stereocenters. The number of carbonyl (C=O) groups is 2. The predicted octanol–water partition coefficient (Wildman–Crippen LogP) is 5.51. The zero-order valence-electron chi connectivity index (χ0n) is 29.9. The van der Waals surface area contributed by atoms with Gasteiger partial charge in [0.2, 0.25) is 5.78 Å². The van der Waals surface area contributed by atoms with Crippen LogP contribution in [0.15, 0.2) is 65.4 Å². The van der Waals surface area contributed by atoms with Crippen LogP contribution < -0.4 is 9.04 Å². The first-order chi connectivity index (χ1) is 25.8. The van der Waals surface area contributed by atoms with Gasteiger partial charge in [0.05, 0.1) is 30.7 Å². The summed E-state index contributed by atoms with van der Waals surface area (Å²) >= 11 is 0. The van der Waals surface area contributed by atoms with Crippen LogP contribution in [0.5, 0.6) is 5.75 Å². The van der Waals surface area contributed by atoms with Crippen molar-refractivity contribution < 1.29 is 49.9 Å². The van der Waals surface area contributed by atoms with E-state index in [2.05, 4.69) is 10.1 Å². The minimum atomic E-state index is -4.36. The molecule has 6 rings (SSSR count). The van der Waals surface area contributed by atoms with Crippen molar-refractivity contribution in [2.45, 2.75) is 31.9 Å². The first kappa shape index (κ1) is 38.5.